The molecule has 0 spiro atoms. The molecule has 1 aromatic carbocycles. The van der Waals surface area contributed by atoms with Gasteiger partial charge in [-0.1, -0.05) is 11.6 Å². The zero-order chi connectivity index (χ0) is 18.2. The molecule has 3 rings (SSSR count). The van der Waals surface area contributed by atoms with Gasteiger partial charge in [0.25, 0.3) is 0 Å². The Morgan fingerprint density at radius 3 is 2.68 bits per heavy atom. The molecule has 1 aromatic heterocycles. The molecule has 0 bridgehead atoms. The number of benzene rings is 1. The lowest BCUT2D eigenvalue weighted by Gasteiger charge is -2.21. The number of hydrogen-bond acceptors (Lipinski definition) is 3. The highest BCUT2D eigenvalue weighted by Crippen LogP contribution is 2.34. The molecule has 2 amide bonds. The van der Waals surface area contributed by atoms with Crippen molar-refractivity contribution >= 4 is 29.3 Å². The minimum atomic E-state index is -0.910. The van der Waals surface area contributed by atoms with E-state index in [0.29, 0.717) is 35.0 Å². The summed E-state index contributed by atoms with van der Waals surface area (Å²) in [5, 5.41) is 12.6. The van der Waals surface area contributed by atoms with Crippen molar-refractivity contribution in [1.82, 2.24) is 4.90 Å². The van der Waals surface area contributed by atoms with Gasteiger partial charge in [0.1, 0.15) is 11.5 Å². The molecule has 132 valence electrons. The Bertz CT molecular complexity index is 832. The van der Waals surface area contributed by atoms with E-state index < -0.39 is 11.4 Å². The van der Waals surface area contributed by atoms with Gasteiger partial charge in [0, 0.05) is 23.7 Å². The third kappa shape index (κ3) is 3.49. The summed E-state index contributed by atoms with van der Waals surface area (Å²) < 4.78 is 5.64. The molecule has 0 radical (unpaired) electrons. The number of nitrogens with zero attached hydrogens (tertiary/aromatic N) is 1. The highest BCUT2D eigenvalue weighted by molar-refractivity contribution is 6.31. The fourth-order valence-electron chi connectivity index (χ4n) is 2.92. The van der Waals surface area contributed by atoms with E-state index in [2.05, 4.69) is 5.32 Å². The number of aryl methyl sites for hydroxylation is 1. The first-order valence-electron chi connectivity index (χ1n) is 7.94. The third-order valence-corrected chi connectivity index (χ3v) is 4.74. The maximum Gasteiger partial charge on any atom is 0.321 e. The van der Waals surface area contributed by atoms with E-state index in [4.69, 9.17) is 16.0 Å². The Labute approximate surface area is 150 Å². The van der Waals surface area contributed by atoms with Crippen molar-refractivity contribution in [3.05, 3.63) is 41.1 Å². The molecule has 2 heterocycles. The van der Waals surface area contributed by atoms with Gasteiger partial charge >= 0.3 is 12.0 Å². The number of carboxylic acid groups (broad SMARTS) is 1. The number of carbonyl (C=O) groups excluding carboxylic acids is 1. The largest absolute Gasteiger partial charge is 0.481 e. The van der Waals surface area contributed by atoms with Gasteiger partial charge in [0.05, 0.1) is 11.1 Å². The van der Waals surface area contributed by atoms with Crippen LogP contribution in [0.4, 0.5) is 10.5 Å². The number of carbonyl (C=O) groups is 2. The summed E-state index contributed by atoms with van der Waals surface area (Å²) in [5.41, 5.74) is 0.328. The summed E-state index contributed by atoms with van der Waals surface area (Å²) in [6, 6.07) is 8.47. The zero-order valence-electron chi connectivity index (χ0n) is 14.0. The van der Waals surface area contributed by atoms with Gasteiger partial charge in [-0.05, 0) is 50.6 Å². The SMILES string of the molecule is Cc1ccc(-c2ccc(Cl)cc2NC(=O)N2CCC(C)(C(=O)O)C2)o1. The standard InChI is InChI=1S/C18H19ClN2O4/c1-11-3-6-15(25-11)13-5-4-12(19)9-14(13)20-17(24)21-8-7-18(2,10-21)16(22)23/h3-6,9H,7-8,10H2,1-2H3,(H,20,24)(H,22,23). The average Bonchev–Trinajstić information content (AvgIpc) is 3.15. The van der Waals surface area contributed by atoms with Gasteiger partial charge < -0.3 is 19.7 Å². The summed E-state index contributed by atoms with van der Waals surface area (Å²) in [4.78, 5) is 25.4. The molecule has 25 heavy (non-hydrogen) atoms. The number of halogens is 1. The fraction of sp³-hybridized carbons (Fsp3) is 0.333. The summed E-state index contributed by atoms with van der Waals surface area (Å²) in [6.07, 6.45) is 0.426. The minimum Gasteiger partial charge on any atom is -0.481 e. The van der Waals surface area contributed by atoms with Crippen LogP contribution in [0.2, 0.25) is 5.02 Å². The van der Waals surface area contributed by atoms with Crippen molar-refractivity contribution in [3.8, 4) is 11.3 Å². The van der Waals surface area contributed by atoms with Crippen LogP contribution in [0.15, 0.2) is 34.7 Å². The lowest BCUT2D eigenvalue weighted by atomic mass is 9.90. The van der Waals surface area contributed by atoms with Gasteiger partial charge in [-0.2, -0.15) is 0 Å². The van der Waals surface area contributed by atoms with Crippen molar-refractivity contribution < 1.29 is 19.1 Å². The number of urea groups is 1. The molecular weight excluding hydrogens is 344 g/mol. The van der Waals surface area contributed by atoms with E-state index in [9.17, 15) is 14.7 Å². The monoisotopic (exact) mass is 362 g/mol. The molecule has 0 saturated carbocycles. The molecule has 0 aliphatic carbocycles. The predicted octanol–water partition coefficient (Wildman–Crippen LogP) is 4.24. The number of likely N-dealkylation sites (tertiary alicyclic amines) is 1. The van der Waals surface area contributed by atoms with Gasteiger partial charge in [0.2, 0.25) is 0 Å². The van der Waals surface area contributed by atoms with E-state index in [-0.39, 0.29) is 12.6 Å². The highest BCUT2D eigenvalue weighted by Gasteiger charge is 2.42. The van der Waals surface area contributed by atoms with Crippen LogP contribution in [0, 0.1) is 12.3 Å². The Hall–Kier alpha value is -2.47. The zero-order valence-corrected chi connectivity index (χ0v) is 14.8. The maximum absolute atomic E-state index is 12.6. The lowest BCUT2D eigenvalue weighted by Crippen LogP contribution is -2.37. The van der Waals surface area contributed by atoms with Crippen molar-refractivity contribution in [3.63, 3.8) is 0 Å². The maximum atomic E-state index is 12.6. The number of furan rings is 1. The van der Waals surface area contributed by atoms with Gasteiger partial charge in [0.15, 0.2) is 0 Å². The Morgan fingerprint density at radius 1 is 1.32 bits per heavy atom. The van der Waals surface area contributed by atoms with E-state index in [1.807, 2.05) is 19.1 Å². The van der Waals surface area contributed by atoms with E-state index in [1.165, 1.54) is 4.90 Å². The molecule has 1 aliphatic rings. The number of nitrogens with one attached hydrogen (secondary N) is 1. The second-order valence-corrected chi connectivity index (χ2v) is 7.00. The van der Waals surface area contributed by atoms with Crippen molar-refractivity contribution in [1.29, 1.82) is 0 Å². The molecule has 2 aromatic rings. The van der Waals surface area contributed by atoms with Crippen LogP contribution >= 0.6 is 11.6 Å². The Kier molecular flexibility index (Phi) is 4.47. The van der Waals surface area contributed by atoms with Crippen LogP contribution in [-0.2, 0) is 4.79 Å². The Morgan fingerprint density at radius 2 is 2.08 bits per heavy atom. The molecule has 6 nitrogen and oxygen atoms in total. The molecule has 1 fully saturated rings. The molecular formula is C18H19ClN2O4. The van der Waals surface area contributed by atoms with Crippen molar-refractivity contribution in [2.45, 2.75) is 20.3 Å². The fourth-order valence-corrected chi connectivity index (χ4v) is 3.09. The van der Waals surface area contributed by atoms with E-state index >= 15 is 0 Å². The molecule has 2 N–H and O–H groups in total. The number of aliphatic carboxylic acids is 1. The summed E-state index contributed by atoms with van der Waals surface area (Å²) in [6.45, 7) is 4.06. The van der Waals surface area contributed by atoms with Crippen LogP contribution in [0.1, 0.15) is 19.1 Å². The van der Waals surface area contributed by atoms with Crippen LogP contribution in [0.5, 0.6) is 0 Å². The molecule has 1 atom stereocenters. The molecule has 1 unspecified atom stereocenters. The van der Waals surface area contributed by atoms with Crippen LogP contribution in [0.3, 0.4) is 0 Å². The van der Waals surface area contributed by atoms with Gasteiger partial charge in [-0.15, -0.1) is 0 Å². The summed E-state index contributed by atoms with van der Waals surface area (Å²) >= 11 is 6.07. The predicted molar refractivity (Wildman–Crippen MR) is 94.8 cm³/mol. The van der Waals surface area contributed by atoms with Crippen LogP contribution in [-0.4, -0.2) is 35.1 Å². The van der Waals surface area contributed by atoms with E-state index in [1.54, 1.807) is 25.1 Å². The topological polar surface area (TPSA) is 82.8 Å². The number of hydrogen-bond donors (Lipinski definition) is 2. The number of rotatable bonds is 3. The van der Waals surface area contributed by atoms with Crippen molar-refractivity contribution in [2.75, 3.05) is 18.4 Å². The first kappa shape index (κ1) is 17.4. The second-order valence-electron chi connectivity index (χ2n) is 6.57. The number of anilines is 1. The molecule has 1 aliphatic heterocycles. The van der Waals surface area contributed by atoms with Crippen LogP contribution < -0.4 is 5.32 Å². The van der Waals surface area contributed by atoms with Gasteiger partial charge in [-0.3, -0.25) is 4.79 Å². The van der Waals surface area contributed by atoms with Crippen LogP contribution in [0.25, 0.3) is 11.3 Å². The Balaban J connectivity index is 1.82. The quantitative estimate of drug-likeness (QED) is 0.855. The molecule has 1 saturated heterocycles. The van der Waals surface area contributed by atoms with E-state index in [0.717, 1.165) is 5.76 Å². The lowest BCUT2D eigenvalue weighted by molar-refractivity contribution is -0.146. The first-order chi connectivity index (χ1) is 11.8. The number of carboxylic acids is 1. The van der Waals surface area contributed by atoms with Crippen molar-refractivity contribution in [2.24, 2.45) is 5.41 Å². The smallest absolute Gasteiger partial charge is 0.321 e. The average molecular weight is 363 g/mol. The molecule has 7 heteroatoms. The summed E-state index contributed by atoms with van der Waals surface area (Å²) in [5.74, 6) is 0.498. The minimum absolute atomic E-state index is 0.171. The van der Waals surface area contributed by atoms with Gasteiger partial charge in [-0.25, -0.2) is 4.79 Å². The third-order valence-electron chi connectivity index (χ3n) is 4.51. The normalized spacial score (nSPS) is 19.9. The first-order valence-corrected chi connectivity index (χ1v) is 8.32. The second kappa shape index (κ2) is 6.44. The summed E-state index contributed by atoms with van der Waals surface area (Å²) in [7, 11) is 0. The highest BCUT2D eigenvalue weighted by atomic mass is 35.5. The number of amides is 2.